The molecule has 0 saturated heterocycles. The molecule has 0 aromatic carbocycles. The molecule has 0 bridgehead atoms. The highest BCUT2D eigenvalue weighted by molar-refractivity contribution is 6.12. The fourth-order valence-electron chi connectivity index (χ4n) is 0.188. The largest absolute Gasteiger partial charge is 0.427 e. The summed E-state index contributed by atoms with van der Waals surface area (Å²) in [6, 6.07) is 0. The van der Waals surface area contributed by atoms with Crippen molar-refractivity contribution >= 4 is 18.0 Å². The summed E-state index contributed by atoms with van der Waals surface area (Å²) < 4.78 is 3.86. The van der Waals surface area contributed by atoms with Crippen LogP contribution in [0, 0.1) is 0 Å². The average Bonchev–Trinajstić information content (AvgIpc) is 1.84. The summed E-state index contributed by atoms with van der Waals surface area (Å²) in [5, 5.41) is 0. The van der Waals surface area contributed by atoms with Gasteiger partial charge >= 0.3 is 6.09 Å². The number of carbonyl (C=O) groups excluding carboxylic acids is 1. The zero-order chi connectivity index (χ0) is 6.57. The number of nitrogens with zero attached hydrogens (tertiary/aromatic N) is 1. The van der Waals surface area contributed by atoms with Crippen molar-refractivity contribution in [3.8, 4) is 0 Å². The van der Waals surface area contributed by atoms with Gasteiger partial charge in [-0.3, -0.25) is 0 Å². The highest BCUT2D eigenvalue weighted by atomic mass is 35.5. The second-order valence-electron chi connectivity index (χ2n) is 1.36. The van der Waals surface area contributed by atoms with E-state index < -0.39 is 6.09 Å². The van der Waals surface area contributed by atoms with Crippen molar-refractivity contribution < 1.29 is 9.08 Å². The molecule has 0 fully saturated rings. The van der Waals surface area contributed by atoms with Crippen LogP contribution in [0.25, 0.3) is 0 Å². The first-order valence-corrected chi connectivity index (χ1v) is 2.57. The molecule has 0 aromatic rings. The Labute approximate surface area is 53.3 Å². The number of carbonyl (C=O) groups is 1. The van der Waals surface area contributed by atoms with E-state index in [4.69, 9.17) is 11.9 Å². The zero-order valence-electron chi connectivity index (χ0n) is 4.85. The average molecular weight is 138 g/mol. The molecule has 0 saturated carbocycles. The first kappa shape index (κ1) is 7.56. The third-order valence-electron chi connectivity index (χ3n) is 0.852. The third kappa shape index (κ3) is 2.02. The smallest absolute Gasteiger partial charge is 0.330 e. The molecule has 0 radical (unpaired) electrons. The van der Waals surface area contributed by atoms with Gasteiger partial charge in [-0.15, -0.1) is 0 Å². The van der Waals surface area contributed by atoms with Crippen LogP contribution in [0.4, 0.5) is 4.79 Å². The third-order valence-corrected chi connectivity index (χ3v) is 0.984. The van der Waals surface area contributed by atoms with E-state index in [1.165, 1.54) is 4.90 Å². The van der Waals surface area contributed by atoms with Crippen LogP contribution in [0.5, 0.6) is 0 Å². The summed E-state index contributed by atoms with van der Waals surface area (Å²) in [5.41, 5.74) is 0. The number of amides is 1. The van der Waals surface area contributed by atoms with Crippen LogP contribution in [0.2, 0.25) is 0 Å². The van der Waals surface area contributed by atoms with Crippen molar-refractivity contribution in [3.63, 3.8) is 0 Å². The first-order valence-electron chi connectivity index (χ1n) is 2.26. The van der Waals surface area contributed by atoms with E-state index in [0.29, 0.717) is 6.54 Å². The molecule has 48 valence electrons. The fourth-order valence-corrected chi connectivity index (χ4v) is 0.306. The van der Waals surface area contributed by atoms with Crippen molar-refractivity contribution in [1.29, 1.82) is 0 Å². The number of hydrogen-bond acceptors (Lipinski definition) is 2. The standard InChI is InChI=1S/C4H8ClNO2/c1-3-6(2)4(7)8-5/h3H2,1-2H3. The molecule has 0 aliphatic rings. The van der Waals surface area contributed by atoms with Gasteiger partial charge in [0.05, 0.1) is 0 Å². The van der Waals surface area contributed by atoms with Crippen molar-refractivity contribution in [2.45, 2.75) is 6.92 Å². The lowest BCUT2D eigenvalue weighted by Gasteiger charge is -2.08. The van der Waals surface area contributed by atoms with Gasteiger partial charge in [0.15, 0.2) is 0 Å². The SMILES string of the molecule is CCN(C)C(=O)OCl. The van der Waals surface area contributed by atoms with E-state index in [1.54, 1.807) is 7.05 Å². The molecule has 0 aromatic heterocycles. The molecule has 4 heteroatoms. The Morgan fingerprint density at radius 3 is 2.50 bits per heavy atom. The molecule has 0 aliphatic carbocycles. The maximum Gasteiger partial charge on any atom is 0.427 e. The van der Waals surface area contributed by atoms with E-state index in [0.717, 1.165) is 0 Å². The van der Waals surface area contributed by atoms with Gasteiger partial charge in [0.2, 0.25) is 0 Å². The molecule has 0 aliphatic heterocycles. The molecule has 0 spiro atoms. The quantitative estimate of drug-likeness (QED) is 0.544. The van der Waals surface area contributed by atoms with Crippen LogP contribution in [-0.4, -0.2) is 24.6 Å². The van der Waals surface area contributed by atoms with Gasteiger partial charge in [-0.1, -0.05) is 0 Å². The minimum Gasteiger partial charge on any atom is -0.330 e. The van der Waals surface area contributed by atoms with Gasteiger partial charge in [-0.05, 0) is 6.92 Å². The molecular weight excluding hydrogens is 130 g/mol. The highest BCUT2D eigenvalue weighted by Gasteiger charge is 2.04. The Balaban J connectivity index is 3.46. The zero-order valence-corrected chi connectivity index (χ0v) is 5.60. The molecule has 3 nitrogen and oxygen atoms in total. The van der Waals surface area contributed by atoms with Gasteiger partial charge in [0.1, 0.15) is 11.9 Å². The topological polar surface area (TPSA) is 29.5 Å². The number of rotatable bonds is 1. The molecule has 0 N–H and O–H groups in total. The lowest BCUT2D eigenvalue weighted by Crippen LogP contribution is -2.24. The monoisotopic (exact) mass is 137 g/mol. The Bertz CT molecular complexity index is 86.1. The minimum atomic E-state index is -0.519. The first-order chi connectivity index (χ1) is 3.72. The van der Waals surface area contributed by atoms with Crippen molar-refractivity contribution in [2.75, 3.05) is 13.6 Å². The van der Waals surface area contributed by atoms with E-state index in [2.05, 4.69) is 4.29 Å². The second-order valence-corrected chi connectivity index (χ2v) is 1.51. The van der Waals surface area contributed by atoms with Crippen molar-refractivity contribution in [1.82, 2.24) is 4.90 Å². The van der Waals surface area contributed by atoms with E-state index in [9.17, 15) is 4.79 Å². The predicted molar refractivity (Wildman–Crippen MR) is 30.6 cm³/mol. The van der Waals surface area contributed by atoms with E-state index >= 15 is 0 Å². The number of halogens is 1. The van der Waals surface area contributed by atoms with Crippen LogP contribution in [0.1, 0.15) is 6.92 Å². The Hall–Kier alpha value is -0.440. The normalized spacial score (nSPS) is 8.38. The summed E-state index contributed by atoms with van der Waals surface area (Å²) in [6.45, 7) is 2.43. The van der Waals surface area contributed by atoms with Crippen LogP contribution < -0.4 is 0 Å². The van der Waals surface area contributed by atoms with Gasteiger partial charge < -0.3 is 9.19 Å². The van der Waals surface area contributed by atoms with Gasteiger partial charge in [-0.2, -0.15) is 0 Å². The number of hydrogen-bond donors (Lipinski definition) is 0. The Morgan fingerprint density at radius 2 is 2.38 bits per heavy atom. The second kappa shape index (κ2) is 3.55. The molecule has 0 rings (SSSR count). The Kier molecular flexibility index (Phi) is 3.35. The molecular formula is C4H8ClNO2. The highest BCUT2D eigenvalue weighted by Crippen LogP contribution is 1.90. The lowest BCUT2D eigenvalue weighted by atomic mass is 10.7. The molecule has 0 heterocycles. The Morgan fingerprint density at radius 1 is 1.88 bits per heavy atom. The summed E-state index contributed by atoms with van der Waals surface area (Å²) in [4.78, 5) is 11.7. The molecule has 0 unspecified atom stereocenters. The van der Waals surface area contributed by atoms with E-state index in [-0.39, 0.29) is 0 Å². The van der Waals surface area contributed by atoms with Crippen molar-refractivity contribution in [3.05, 3.63) is 0 Å². The van der Waals surface area contributed by atoms with E-state index in [1.807, 2.05) is 6.92 Å². The predicted octanol–water partition coefficient (Wildman–Crippen LogP) is 1.23. The lowest BCUT2D eigenvalue weighted by molar-refractivity contribution is 0.169. The van der Waals surface area contributed by atoms with Gasteiger partial charge in [-0.25, -0.2) is 4.79 Å². The molecule has 8 heavy (non-hydrogen) atoms. The van der Waals surface area contributed by atoms with Crippen LogP contribution >= 0.6 is 11.9 Å². The van der Waals surface area contributed by atoms with Crippen LogP contribution in [-0.2, 0) is 4.29 Å². The van der Waals surface area contributed by atoms with Gasteiger partial charge in [0, 0.05) is 13.6 Å². The van der Waals surface area contributed by atoms with Gasteiger partial charge in [0.25, 0.3) is 0 Å². The van der Waals surface area contributed by atoms with Crippen molar-refractivity contribution in [2.24, 2.45) is 0 Å². The van der Waals surface area contributed by atoms with Crippen LogP contribution in [0.3, 0.4) is 0 Å². The van der Waals surface area contributed by atoms with Crippen LogP contribution in [0.15, 0.2) is 0 Å². The minimum absolute atomic E-state index is 0.519. The fraction of sp³-hybridized carbons (Fsp3) is 0.750. The summed E-state index contributed by atoms with van der Waals surface area (Å²) >= 11 is 4.73. The summed E-state index contributed by atoms with van der Waals surface area (Å²) in [6.07, 6.45) is -0.519. The summed E-state index contributed by atoms with van der Waals surface area (Å²) in [7, 11) is 1.60. The molecule has 1 amide bonds. The summed E-state index contributed by atoms with van der Waals surface area (Å²) in [5.74, 6) is 0. The maximum absolute atomic E-state index is 10.3. The maximum atomic E-state index is 10.3. The molecule has 0 atom stereocenters.